The molecule has 1 aromatic rings. The molecule has 1 saturated heterocycles. The van der Waals surface area contributed by atoms with Crippen molar-refractivity contribution in [2.24, 2.45) is 5.41 Å². The maximum atomic E-state index is 12.2. The zero-order valence-corrected chi connectivity index (χ0v) is 14.8. The number of aryl methyl sites for hydroxylation is 1. The van der Waals surface area contributed by atoms with Gasteiger partial charge in [-0.15, -0.1) is 16.0 Å². The van der Waals surface area contributed by atoms with Gasteiger partial charge in [-0.3, -0.25) is 14.3 Å². The number of aromatic amines is 1. The summed E-state index contributed by atoms with van der Waals surface area (Å²) in [5, 5.41) is 0. The van der Waals surface area contributed by atoms with Crippen molar-refractivity contribution in [3.63, 3.8) is 0 Å². The van der Waals surface area contributed by atoms with E-state index >= 15 is 0 Å². The molecule has 0 radical (unpaired) electrons. The second kappa shape index (κ2) is 6.26. The third-order valence-corrected chi connectivity index (χ3v) is 5.30. The fraction of sp³-hybridized carbons (Fsp3) is 0.600. The van der Waals surface area contributed by atoms with E-state index in [4.69, 9.17) is 18.9 Å². The number of fused-ring (bicyclic) bond motifs is 1. The van der Waals surface area contributed by atoms with Crippen molar-refractivity contribution in [1.29, 1.82) is 0 Å². The lowest BCUT2D eigenvalue weighted by atomic mass is 9.95. The Labute approximate surface area is 144 Å². The zero-order valence-electron chi connectivity index (χ0n) is 13.9. The molecule has 0 spiro atoms. The Bertz CT molecular complexity index is 834. The fourth-order valence-electron chi connectivity index (χ4n) is 3.63. The molecule has 1 aliphatic carbocycles. The van der Waals surface area contributed by atoms with Gasteiger partial charge in [0, 0.05) is 22.9 Å². The summed E-state index contributed by atoms with van der Waals surface area (Å²) < 4.78 is 29.0. The Kier molecular flexibility index (Phi) is 4.55. The van der Waals surface area contributed by atoms with E-state index in [1.807, 2.05) is 6.92 Å². The standard InChI is InChI=1S/C15H19N2O7P/c1-4-14-7-15(14,8-23-25(20)21)24-12(10(14)22-5-2)17-6-9(3)11(18)16-13(17)19/h4,6,10,12H,1,5,7-8H2,2-3H3,(H-,16,18,19,20,21)/p+1/t10-,12+,14+,15+/m0/s1. The number of H-pyrrole nitrogens is 1. The van der Waals surface area contributed by atoms with E-state index < -0.39 is 42.9 Å². The third kappa shape index (κ3) is 2.72. The first-order valence-corrected chi connectivity index (χ1v) is 8.97. The van der Waals surface area contributed by atoms with Crippen LogP contribution >= 0.6 is 8.25 Å². The second-order valence-electron chi connectivity index (χ2n) is 6.29. The van der Waals surface area contributed by atoms with Gasteiger partial charge in [-0.1, -0.05) is 6.08 Å². The van der Waals surface area contributed by atoms with Gasteiger partial charge in [0.2, 0.25) is 0 Å². The molecule has 2 fully saturated rings. The number of aromatic nitrogens is 2. The topological polar surface area (TPSA) is 120 Å². The van der Waals surface area contributed by atoms with Gasteiger partial charge in [0.1, 0.15) is 18.3 Å². The van der Waals surface area contributed by atoms with Crippen molar-refractivity contribution >= 4 is 8.25 Å². The Morgan fingerprint density at radius 1 is 1.60 bits per heavy atom. The van der Waals surface area contributed by atoms with Crippen molar-refractivity contribution in [1.82, 2.24) is 9.55 Å². The molecule has 1 aliphatic heterocycles. The molecule has 1 unspecified atom stereocenters. The van der Waals surface area contributed by atoms with Crippen LogP contribution in [0.2, 0.25) is 0 Å². The van der Waals surface area contributed by atoms with Crippen LogP contribution in [0.5, 0.6) is 0 Å². The molecule has 1 aromatic heterocycles. The summed E-state index contributed by atoms with van der Waals surface area (Å²) in [4.78, 5) is 35.0. The maximum Gasteiger partial charge on any atom is 0.694 e. The number of ether oxygens (including phenoxy) is 2. The fourth-order valence-corrected chi connectivity index (χ4v) is 3.95. The van der Waals surface area contributed by atoms with Gasteiger partial charge in [-0.05, 0) is 20.3 Å². The smallest absolute Gasteiger partial charge is 0.373 e. The van der Waals surface area contributed by atoms with E-state index in [0.29, 0.717) is 18.6 Å². The van der Waals surface area contributed by atoms with Crippen LogP contribution in [-0.2, 0) is 18.6 Å². The van der Waals surface area contributed by atoms with Crippen LogP contribution in [-0.4, -0.2) is 39.4 Å². The highest BCUT2D eigenvalue weighted by Crippen LogP contribution is 2.70. The molecular formula is C15H20N2O7P+. The predicted octanol–water partition coefficient (Wildman–Crippen LogP) is 0.760. The van der Waals surface area contributed by atoms with Crippen molar-refractivity contribution < 1.29 is 23.5 Å². The minimum Gasteiger partial charge on any atom is -0.373 e. The Morgan fingerprint density at radius 2 is 2.32 bits per heavy atom. The Morgan fingerprint density at radius 3 is 2.92 bits per heavy atom. The van der Waals surface area contributed by atoms with Crippen LogP contribution in [0.3, 0.4) is 0 Å². The zero-order chi connectivity index (χ0) is 18.4. The molecular weight excluding hydrogens is 351 g/mol. The van der Waals surface area contributed by atoms with Crippen LogP contribution < -0.4 is 11.2 Å². The van der Waals surface area contributed by atoms with Crippen molar-refractivity contribution in [2.75, 3.05) is 13.2 Å². The van der Waals surface area contributed by atoms with Crippen LogP contribution in [0, 0.1) is 12.3 Å². The molecule has 0 amide bonds. The lowest BCUT2D eigenvalue weighted by Gasteiger charge is -2.26. The van der Waals surface area contributed by atoms with Gasteiger partial charge in [0.05, 0.1) is 5.41 Å². The van der Waals surface area contributed by atoms with Gasteiger partial charge in [-0.25, -0.2) is 4.79 Å². The number of nitrogens with one attached hydrogen (secondary N) is 1. The molecule has 10 heteroatoms. The highest BCUT2D eigenvalue weighted by molar-refractivity contribution is 7.32. The van der Waals surface area contributed by atoms with Gasteiger partial charge >= 0.3 is 13.9 Å². The summed E-state index contributed by atoms with van der Waals surface area (Å²) in [5.41, 5.74) is -2.25. The molecule has 9 nitrogen and oxygen atoms in total. The third-order valence-electron chi connectivity index (χ3n) is 4.95. The summed E-state index contributed by atoms with van der Waals surface area (Å²) in [6, 6.07) is 0. The number of hydrogen-bond donors (Lipinski definition) is 2. The van der Waals surface area contributed by atoms with Crippen LogP contribution in [0.25, 0.3) is 0 Å². The van der Waals surface area contributed by atoms with Crippen LogP contribution in [0.15, 0.2) is 28.4 Å². The molecule has 2 aliphatic rings. The molecule has 5 atom stereocenters. The van der Waals surface area contributed by atoms with E-state index in [0.717, 1.165) is 0 Å². The van der Waals surface area contributed by atoms with E-state index in [-0.39, 0.29) is 6.61 Å². The average molecular weight is 371 g/mol. The van der Waals surface area contributed by atoms with Crippen molar-refractivity contribution in [2.45, 2.75) is 38.2 Å². The van der Waals surface area contributed by atoms with Gasteiger partial charge in [0.25, 0.3) is 5.56 Å². The highest BCUT2D eigenvalue weighted by atomic mass is 31.1. The SMILES string of the molecule is C=C[C@]12C[C@]1(CO[P+](=O)O)O[C@@H](n1cc(C)c(=O)[nH]c1=O)[C@@H]2OCC. The normalized spacial score (nSPS) is 33.8. The minimum absolute atomic E-state index is 0.123. The maximum absolute atomic E-state index is 12.2. The lowest BCUT2D eigenvalue weighted by Crippen LogP contribution is -2.39. The molecule has 2 heterocycles. The molecule has 1 saturated carbocycles. The van der Waals surface area contributed by atoms with Crippen molar-refractivity contribution in [3.05, 3.63) is 45.3 Å². The number of nitrogens with zero attached hydrogens (tertiary/aromatic N) is 1. The summed E-state index contributed by atoms with van der Waals surface area (Å²) in [5.74, 6) is 0. The first-order chi connectivity index (χ1) is 11.8. The minimum atomic E-state index is -2.78. The van der Waals surface area contributed by atoms with Gasteiger partial charge < -0.3 is 9.47 Å². The molecule has 2 N–H and O–H groups in total. The molecule has 136 valence electrons. The predicted molar refractivity (Wildman–Crippen MR) is 87.4 cm³/mol. The van der Waals surface area contributed by atoms with Gasteiger partial charge in [-0.2, -0.15) is 0 Å². The quantitative estimate of drug-likeness (QED) is 0.536. The Hall–Kier alpha value is -1.64. The van der Waals surface area contributed by atoms with Crippen LogP contribution in [0.1, 0.15) is 25.1 Å². The highest BCUT2D eigenvalue weighted by Gasteiger charge is 2.79. The molecule has 0 bridgehead atoms. The molecule has 3 rings (SSSR count). The van der Waals surface area contributed by atoms with Gasteiger partial charge in [0.15, 0.2) is 6.23 Å². The first kappa shape index (κ1) is 18.2. The summed E-state index contributed by atoms with van der Waals surface area (Å²) in [7, 11) is -2.78. The molecule has 25 heavy (non-hydrogen) atoms. The van der Waals surface area contributed by atoms with E-state index in [2.05, 4.69) is 11.6 Å². The largest absolute Gasteiger partial charge is 0.694 e. The summed E-state index contributed by atoms with van der Waals surface area (Å²) in [6.45, 7) is 7.50. The first-order valence-electron chi connectivity index (χ1n) is 7.84. The van der Waals surface area contributed by atoms with Crippen LogP contribution in [0.4, 0.5) is 0 Å². The lowest BCUT2D eigenvalue weighted by molar-refractivity contribution is -0.107. The monoisotopic (exact) mass is 371 g/mol. The Balaban J connectivity index is 2.02. The second-order valence-corrected chi connectivity index (χ2v) is 7.02. The number of hydrogen-bond acceptors (Lipinski definition) is 6. The van der Waals surface area contributed by atoms with E-state index in [9.17, 15) is 14.2 Å². The summed E-state index contributed by atoms with van der Waals surface area (Å²) in [6.07, 6.45) is 2.25. The van der Waals surface area contributed by atoms with E-state index in [1.165, 1.54) is 10.8 Å². The summed E-state index contributed by atoms with van der Waals surface area (Å²) >= 11 is 0. The number of rotatable bonds is 7. The van der Waals surface area contributed by atoms with E-state index in [1.54, 1.807) is 13.0 Å². The average Bonchev–Trinajstić information content (AvgIpc) is 3.14. The van der Waals surface area contributed by atoms with Crippen molar-refractivity contribution in [3.8, 4) is 0 Å². The molecule has 0 aromatic carbocycles.